The zero-order valence-electron chi connectivity index (χ0n) is 13.8. The second-order valence-electron chi connectivity index (χ2n) is 6.79. The molecule has 2 heterocycles. The van der Waals surface area contributed by atoms with Crippen LogP contribution in [0.2, 0.25) is 5.15 Å². The number of carbonyl (C=O) groups is 1. The van der Waals surface area contributed by atoms with Crippen molar-refractivity contribution < 1.29 is 13.6 Å². The molecule has 0 radical (unpaired) electrons. The van der Waals surface area contributed by atoms with E-state index in [-0.39, 0.29) is 28.9 Å². The van der Waals surface area contributed by atoms with Gasteiger partial charge in [-0.2, -0.15) is 5.10 Å². The standard InChI is InChI=1S/C18H15ClF2N4O/c1-22-18(6-7-18)10-24-8-5-11-15(17(24)26)23-25(16(11)19)9-12-13(20)3-2-4-14(12)21/h2-4H,5-10H2. The molecular formula is C18H15ClF2N4O. The van der Waals surface area contributed by atoms with Crippen molar-refractivity contribution in [3.8, 4) is 0 Å². The Kier molecular flexibility index (Phi) is 3.96. The Balaban J connectivity index is 1.62. The minimum Gasteiger partial charge on any atom is -0.329 e. The summed E-state index contributed by atoms with van der Waals surface area (Å²) in [6.07, 6.45) is 2.11. The number of carbonyl (C=O) groups excluding carboxylic acids is 1. The summed E-state index contributed by atoms with van der Waals surface area (Å²) in [5.74, 6) is -1.65. The summed E-state index contributed by atoms with van der Waals surface area (Å²) in [6.45, 7) is 7.94. The van der Waals surface area contributed by atoms with Gasteiger partial charge in [-0.15, -0.1) is 0 Å². The van der Waals surface area contributed by atoms with Crippen molar-refractivity contribution in [2.45, 2.75) is 31.3 Å². The first-order chi connectivity index (χ1) is 12.4. The van der Waals surface area contributed by atoms with Crippen molar-refractivity contribution in [1.29, 1.82) is 0 Å². The van der Waals surface area contributed by atoms with Gasteiger partial charge in [0.25, 0.3) is 5.91 Å². The lowest BCUT2D eigenvalue weighted by Crippen LogP contribution is -2.42. The van der Waals surface area contributed by atoms with E-state index in [0.717, 1.165) is 12.8 Å². The molecule has 1 aromatic carbocycles. The molecule has 0 bridgehead atoms. The molecule has 2 aromatic rings. The zero-order valence-corrected chi connectivity index (χ0v) is 14.6. The molecule has 1 fully saturated rings. The number of benzene rings is 1. The second-order valence-corrected chi connectivity index (χ2v) is 7.15. The number of nitrogens with zero attached hydrogens (tertiary/aromatic N) is 4. The van der Waals surface area contributed by atoms with Crippen molar-refractivity contribution in [2.24, 2.45) is 0 Å². The fraction of sp³-hybridized carbons (Fsp3) is 0.389. The molecule has 0 unspecified atom stereocenters. The fourth-order valence-electron chi connectivity index (χ4n) is 3.26. The summed E-state index contributed by atoms with van der Waals surface area (Å²) in [7, 11) is 0. The molecule has 1 aromatic heterocycles. The second kappa shape index (κ2) is 6.06. The third kappa shape index (κ3) is 2.74. The monoisotopic (exact) mass is 376 g/mol. The molecule has 1 aliphatic heterocycles. The quantitative estimate of drug-likeness (QED) is 0.768. The molecular weight excluding hydrogens is 362 g/mol. The highest BCUT2D eigenvalue weighted by molar-refractivity contribution is 6.31. The molecule has 5 nitrogen and oxygen atoms in total. The molecule has 0 spiro atoms. The maximum atomic E-state index is 13.9. The van der Waals surface area contributed by atoms with Gasteiger partial charge < -0.3 is 9.74 Å². The zero-order chi connectivity index (χ0) is 18.5. The molecule has 0 saturated heterocycles. The van der Waals surface area contributed by atoms with Gasteiger partial charge >= 0.3 is 0 Å². The Morgan fingerprint density at radius 3 is 2.62 bits per heavy atom. The topological polar surface area (TPSA) is 42.5 Å². The molecule has 0 N–H and O–H groups in total. The lowest BCUT2D eigenvalue weighted by molar-refractivity contribution is 0.0724. The number of hydrogen-bond acceptors (Lipinski definition) is 2. The third-order valence-electron chi connectivity index (χ3n) is 5.02. The summed E-state index contributed by atoms with van der Waals surface area (Å²) in [4.78, 5) is 18.0. The molecule has 1 aliphatic carbocycles. The first kappa shape index (κ1) is 17.0. The van der Waals surface area contributed by atoms with Crippen LogP contribution in [-0.2, 0) is 13.0 Å². The van der Waals surface area contributed by atoms with E-state index in [9.17, 15) is 13.6 Å². The Bertz CT molecular complexity index is 925. The first-order valence-corrected chi connectivity index (χ1v) is 8.68. The Hall–Kier alpha value is -2.46. The summed E-state index contributed by atoms with van der Waals surface area (Å²) in [5, 5.41) is 4.44. The van der Waals surface area contributed by atoms with Crippen LogP contribution in [0.25, 0.3) is 4.85 Å². The van der Waals surface area contributed by atoms with Crippen molar-refractivity contribution in [1.82, 2.24) is 14.7 Å². The number of hydrogen-bond donors (Lipinski definition) is 0. The van der Waals surface area contributed by atoms with Crippen LogP contribution in [0.15, 0.2) is 18.2 Å². The largest absolute Gasteiger partial charge is 0.329 e. The van der Waals surface area contributed by atoms with Gasteiger partial charge in [-0.3, -0.25) is 4.79 Å². The minimum atomic E-state index is -0.685. The fourth-order valence-corrected chi connectivity index (χ4v) is 3.55. The van der Waals surface area contributed by atoms with Crippen molar-refractivity contribution in [2.75, 3.05) is 13.1 Å². The predicted molar refractivity (Wildman–Crippen MR) is 90.9 cm³/mol. The lowest BCUT2D eigenvalue weighted by atomic mass is 10.1. The highest BCUT2D eigenvalue weighted by atomic mass is 35.5. The van der Waals surface area contributed by atoms with E-state index in [0.29, 0.717) is 25.1 Å². The van der Waals surface area contributed by atoms with E-state index in [4.69, 9.17) is 18.2 Å². The van der Waals surface area contributed by atoms with Gasteiger partial charge in [0.1, 0.15) is 16.8 Å². The smallest absolute Gasteiger partial charge is 0.274 e. The number of rotatable bonds is 4. The minimum absolute atomic E-state index is 0.150. The third-order valence-corrected chi connectivity index (χ3v) is 5.45. The van der Waals surface area contributed by atoms with Crippen molar-refractivity contribution in [3.05, 3.63) is 63.2 Å². The van der Waals surface area contributed by atoms with Gasteiger partial charge in [-0.1, -0.05) is 17.7 Å². The highest BCUT2D eigenvalue weighted by Crippen LogP contribution is 2.41. The van der Waals surface area contributed by atoms with E-state index >= 15 is 0 Å². The number of aromatic nitrogens is 2. The van der Waals surface area contributed by atoms with Crippen LogP contribution in [0, 0.1) is 18.2 Å². The van der Waals surface area contributed by atoms with Crippen LogP contribution in [0.4, 0.5) is 8.78 Å². The predicted octanol–water partition coefficient (Wildman–Crippen LogP) is 3.31. The molecule has 1 saturated carbocycles. The lowest BCUT2D eigenvalue weighted by Gasteiger charge is -2.26. The van der Waals surface area contributed by atoms with E-state index in [2.05, 4.69) is 9.94 Å². The van der Waals surface area contributed by atoms with E-state index in [1.807, 2.05) is 0 Å². The van der Waals surface area contributed by atoms with Gasteiger partial charge in [0.05, 0.1) is 13.1 Å². The van der Waals surface area contributed by atoms with Crippen LogP contribution in [0.1, 0.15) is 34.5 Å². The molecule has 134 valence electrons. The molecule has 1 amide bonds. The van der Waals surface area contributed by atoms with Gasteiger partial charge in [0, 0.05) is 30.5 Å². The van der Waals surface area contributed by atoms with Crippen LogP contribution < -0.4 is 0 Å². The van der Waals surface area contributed by atoms with E-state index < -0.39 is 17.2 Å². The summed E-state index contributed by atoms with van der Waals surface area (Å²) < 4.78 is 29.0. The van der Waals surface area contributed by atoms with Crippen LogP contribution in [0.3, 0.4) is 0 Å². The molecule has 2 aliphatic rings. The molecule has 4 rings (SSSR count). The SMILES string of the molecule is [C-]#[N+]C1(CN2CCc3c(nn(Cc4c(F)cccc4F)c3Cl)C2=O)CC1. The molecule has 0 atom stereocenters. The maximum Gasteiger partial charge on any atom is 0.274 e. The van der Waals surface area contributed by atoms with Crippen LogP contribution in [0.5, 0.6) is 0 Å². The molecule has 8 heteroatoms. The van der Waals surface area contributed by atoms with E-state index in [1.54, 1.807) is 4.90 Å². The van der Waals surface area contributed by atoms with Crippen LogP contribution in [-0.4, -0.2) is 39.2 Å². The van der Waals surface area contributed by atoms with Gasteiger partial charge in [0.2, 0.25) is 5.54 Å². The first-order valence-electron chi connectivity index (χ1n) is 8.30. The molecule has 26 heavy (non-hydrogen) atoms. The highest BCUT2D eigenvalue weighted by Gasteiger charge is 2.53. The Morgan fingerprint density at radius 2 is 2.00 bits per heavy atom. The normalized spacial score (nSPS) is 17.8. The van der Waals surface area contributed by atoms with Crippen molar-refractivity contribution >= 4 is 17.5 Å². The number of halogens is 3. The summed E-state index contributed by atoms with van der Waals surface area (Å²) in [6, 6.07) is 3.63. The Morgan fingerprint density at radius 1 is 1.31 bits per heavy atom. The van der Waals surface area contributed by atoms with Gasteiger partial charge in [-0.05, 0) is 18.6 Å². The van der Waals surface area contributed by atoms with Gasteiger partial charge in [0.15, 0.2) is 5.69 Å². The van der Waals surface area contributed by atoms with Gasteiger partial charge in [-0.25, -0.2) is 20.0 Å². The Labute approximate surface area is 154 Å². The van der Waals surface area contributed by atoms with Crippen molar-refractivity contribution in [3.63, 3.8) is 0 Å². The average molecular weight is 377 g/mol. The maximum absolute atomic E-state index is 13.9. The van der Waals surface area contributed by atoms with E-state index in [1.165, 1.54) is 22.9 Å². The average Bonchev–Trinajstić information content (AvgIpc) is 3.32. The van der Waals surface area contributed by atoms with Crippen LogP contribution >= 0.6 is 11.6 Å². The number of fused-ring (bicyclic) bond motifs is 1. The summed E-state index contributed by atoms with van der Waals surface area (Å²) >= 11 is 6.32. The number of amides is 1. The summed E-state index contributed by atoms with van der Waals surface area (Å²) in [5.41, 5.74) is 0.204.